The van der Waals surface area contributed by atoms with Crippen molar-refractivity contribution < 1.29 is 19.2 Å². The van der Waals surface area contributed by atoms with Crippen LogP contribution in [-0.4, -0.2) is 64.0 Å². The lowest BCUT2D eigenvalue weighted by atomic mass is 10.1. The largest absolute Gasteiger partial charge is 0.344 e. The first-order valence-electron chi connectivity index (χ1n) is 9.18. The number of likely N-dealkylation sites (tertiary alicyclic amines) is 2. The first kappa shape index (κ1) is 19.4. The molecule has 25 heavy (non-hydrogen) atoms. The minimum atomic E-state index is -0.563. The summed E-state index contributed by atoms with van der Waals surface area (Å²) in [6.07, 6.45) is 4.38. The molecule has 0 aromatic rings. The number of hydrogen-bond donors (Lipinski definition) is 1. The molecule has 7 nitrogen and oxygen atoms in total. The summed E-state index contributed by atoms with van der Waals surface area (Å²) in [4.78, 5) is 51.7. The van der Waals surface area contributed by atoms with E-state index in [4.69, 9.17) is 0 Å². The number of rotatable bonds is 7. The average molecular weight is 351 g/mol. The average Bonchev–Trinajstić information content (AvgIpc) is 2.97. The van der Waals surface area contributed by atoms with Crippen molar-refractivity contribution in [1.82, 2.24) is 15.1 Å². The van der Waals surface area contributed by atoms with Crippen LogP contribution >= 0.6 is 0 Å². The molecule has 1 N–H and O–H groups in total. The molecule has 0 bridgehead atoms. The Balaban J connectivity index is 2.15. The van der Waals surface area contributed by atoms with Gasteiger partial charge in [0.15, 0.2) is 0 Å². The van der Waals surface area contributed by atoms with E-state index < -0.39 is 18.1 Å². The second-order valence-corrected chi connectivity index (χ2v) is 7.28. The van der Waals surface area contributed by atoms with Gasteiger partial charge in [-0.25, -0.2) is 0 Å². The molecular formula is C18H29N3O4. The van der Waals surface area contributed by atoms with Gasteiger partial charge in [-0.2, -0.15) is 0 Å². The molecule has 0 radical (unpaired) electrons. The van der Waals surface area contributed by atoms with Gasteiger partial charge in [-0.15, -0.1) is 0 Å². The van der Waals surface area contributed by atoms with E-state index in [2.05, 4.69) is 5.32 Å². The molecule has 0 saturated carbocycles. The Bertz CT molecular complexity index is 550. The number of aldehydes is 1. The zero-order chi connectivity index (χ0) is 18.7. The molecule has 2 heterocycles. The maximum absolute atomic E-state index is 13.0. The number of hydrogen-bond acceptors (Lipinski definition) is 4. The van der Waals surface area contributed by atoms with Crippen LogP contribution in [0, 0.1) is 0 Å². The van der Waals surface area contributed by atoms with E-state index in [1.807, 2.05) is 20.8 Å². The Morgan fingerprint density at radius 1 is 1.24 bits per heavy atom. The van der Waals surface area contributed by atoms with Crippen molar-refractivity contribution >= 4 is 24.0 Å². The summed E-state index contributed by atoms with van der Waals surface area (Å²) in [5.74, 6) is -0.601. The highest BCUT2D eigenvalue weighted by Gasteiger charge is 2.50. The van der Waals surface area contributed by atoms with Gasteiger partial charge in [-0.3, -0.25) is 14.4 Å². The van der Waals surface area contributed by atoms with Gasteiger partial charge < -0.3 is 19.9 Å². The smallest absolute Gasteiger partial charge is 0.246 e. The van der Waals surface area contributed by atoms with E-state index in [1.54, 1.807) is 9.80 Å². The fourth-order valence-electron chi connectivity index (χ4n) is 4.12. The third-order valence-corrected chi connectivity index (χ3v) is 5.26. The van der Waals surface area contributed by atoms with Gasteiger partial charge in [-0.05, 0) is 33.1 Å². The van der Waals surface area contributed by atoms with Crippen LogP contribution in [0.25, 0.3) is 0 Å². The molecule has 5 atom stereocenters. The van der Waals surface area contributed by atoms with E-state index in [1.165, 1.54) is 6.92 Å². The van der Waals surface area contributed by atoms with Crippen LogP contribution in [-0.2, 0) is 19.2 Å². The SMILES string of the molecule is CCCC[C@@H](C=O)N1C(=O)[C@@H](N2C(=O)[C@@H](NC(C)=O)CC2C)CC1C. The van der Waals surface area contributed by atoms with E-state index in [-0.39, 0.29) is 29.8 Å². The van der Waals surface area contributed by atoms with Gasteiger partial charge in [-0.1, -0.05) is 19.8 Å². The highest BCUT2D eigenvalue weighted by molar-refractivity contribution is 5.95. The third-order valence-electron chi connectivity index (χ3n) is 5.26. The molecule has 0 spiro atoms. The second kappa shape index (κ2) is 7.97. The van der Waals surface area contributed by atoms with Crippen LogP contribution in [0.4, 0.5) is 0 Å². The molecule has 2 aliphatic rings. The highest BCUT2D eigenvalue weighted by atomic mass is 16.2. The number of nitrogens with one attached hydrogen (secondary N) is 1. The number of amides is 3. The molecule has 3 amide bonds. The molecule has 2 rings (SSSR count). The van der Waals surface area contributed by atoms with Crippen molar-refractivity contribution in [3.8, 4) is 0 Å². The Kier molecular flexibility index (Phi) is 6.19. The summed E-state index contributed by atoms with van der Waals surface area (Å²) >= 11 is 0. The number of unbranched alkanes of at least 4 members (excludes halogenated alkanes) is 1. The van der Waals surface area contributed by atoms with Gasteiger partial charge in [0.2, 0.25) is 17.7 Å². The molecule has 0 aromatic carbocycles. The summed E-state index contributed by atoms with van der Waals surface area (Å²) in [6, 6.07) is -1.72. The van der Waals surface area contributed by atoms with Crippen LogP contribution < -0.4 is 5.32 Å². The Morgan fingerprint density at radius 3 is 2.48 bits per heavy atom. The molecule has 0 aromatic heterocycles. The van der Waals surface area contributed by atoms with Crippen molar-refractivity contribution in [3.05, 3.63) is 0 Å². The van der Waals surface area contributed by atoms with Gasteiger partial charge in [0, 0.05) is 19.0 Å². The monoisotopic (exact) mass is 351 g/mol. The maximum atomic E-state index is 13.0. The van der Waals surface area contributed by atoms with E-state index in [0.29, 0.717) is 19.3 Å². The second-order valence-electron chi connectivity index (χ2n) is 7.28. The molecule has 2 fully saturated rings. The molecule has 2 saturated heterocycles. The zero-order valence-corrected chi connectivity index (χ0v) is 15.5. The first-order chi connectivity index (χ1) is 11.8. The number of carbonyl (C=O) groups is 4. The lowest BCUT2D eigenvalue weighted by Gasteiger charge is -2.30. The van der Waals surface area contributed by atoms with Crippen LogP contribution in [0.3, 0.4) is 0 Å². The number of carbonyl (C=O) groups excluding carboxylic acids is 4. The minimum absolute atomic E-state index is 0.0793. The van der Waals surface area contributed by atoms with Crippen LogP contribution in [0.2, 0.25) is 0 Å². The van der Waals surface area contributed by atoms with Crippen LogP contribution in [0.15, 0.2) is 0 Å². The van der Waals surface area contributed by atoms with Gasteiger partial charge in [0.25, 0.3) is 0 Å². The topological polar surface area (TPSA) is 86.8 Å². The summed E-state index contributed by atoms with van der Waals surface area (Å²) in [6.45, 7) is 7.26. The Morgan fingerprint density at radius 2 is 1.92 bits per heavy atom. The van der Waals surface area contributed by atoms with Crippen LogP contribution in [0.1, 0.15) is 59.8 Å². The summed E-state index contributed by atoms with van der Waals surface area (Å²) < 4.78 is 0. The third kappa shape index (κ3) is 3.85. The normalized spacial score (nSPS) is 30.7. The van der Waals surface area contributed by atoms with Crippen molar-refractivity contribution in [3.63, 3.8) is 0 Å². The van der Waals surface area contributed by atoms with Crippen molar-refractivity contribution in [2.45, 2.75) is 90.0 Å². The first-order valence-corrected chi connectivity index (χ1v) is 9.18. The molecule has 0 aliphatic carbocycles. The highest BCUT2D eigenvalue weighted by Crippen LogP contribution is 2.32. The summed E-state index contributed by atoms with van der Waals surface area (Å²) in [5, 5.41) is 2.66. The number of nitrogens with zero attached hydrogens (tertiary/aromatic N) is 2. The zero-order valence-electron chi connectivity index (χ0n) is 15.5. The minimum Gasteiger partial charge on any atom is -0.344 e. The van der Waals surface area contributed by atoms with Crippen molar-refractivity contribution in [2.24, 2.45) is 0 Å². The van der Waals surface area contributed by atoms with Gasteiger partial charge in [0.05, 0.1) is 6.04 Å². The fraction of sp³-hybridized carbons (Fsp3) is 0.778. The quantitative estimate of drug-likeness (QED) is 0.689. The summed E-state index contributed by atoms with van der Waals surface area (Å²) in [5.41, 5.74) is 0. The molecular weight excluding hydrogens is 322 g/mol. The molecule has 2 unspecified atom stereocenters. The van der Waals surface area contributed by atoms with E-state index in [9.17, 15) is 19.2 Å². The maximum Gasteiger partial charge on any atom is 0.246 e. The lowest BCUT2D eigenvalue weighted by Crippen LogP contribution is -2.50. The Hall–Kier alpha value is -1.92. The predicted octanol–water partition coefficient (Wildman–Crippen LogP) is 0.859. The van der Waals surface area contributed by atoms with Crippen molar-refractivity contribution in [2.75, 3.05) is 0 Å². The van der Waals surface area contributed by atoms with Gasteiger partial charge in [0.1, 0.15) is 18.4 Å². The Labute approximate surface area is 149 Å². The molecule has 140 valence electrons. The predicted molar refractivity (Wildman–Crippen MR) is 92.6 cm³/mol. The standard InChI is InChI=1S/C18H29N3O4/c1-5-6-7-14(10-22)20-12(3)9-16(18(20)25)21-11(2)8-15(17(21)24)19-13(4)23/h10-12,14-16H,5-9H2,1-4H3,(H,19,23)/t11?,12?,14-,15-,16-/m0/s1. The molecule has 2 aliphatic heterocycles. The van der Waals surface area contributed by atoms with Crippen LogP contribution in [0.5, 0.6) is 0 Å². The van der Waals surface area contributed by atoms with Gasteiger partial charge >= 0.3 is 0 Å². The van der Waals surface area contributed by atoms with E-state index >= 15 is 0 Å². The summed E-state index contributed by atoms with van der Waals surface area (Å²) in [7, 11) is 0. The van der Waals surface area contributed by atoms with Crippen molar-refractivity contribution in [1.29, 1.82) is 0 Å². The lowest BCUT2D eigenvalue weighted by molar-refractivity contribution is -0.144. The molecule has 7 heteroatoms. The van der Waals surface area contributed by atoms with E-state index in [0.717, 1.165) is 19.1 Å². The fourth-order valence-corrected chi connectivity index (χ4v) is 4.12.